The van der Waals surface area contributed by atoms with Crippen molar-refractivity contribution in [3.63, 3.8) is 0 Å². The van der Waals surface area contributed by atoms with Crippen molar-refractivity contribution in [3.8, 4) is 0 Å². The van der Waals surface area contributed by atoms with Crippen LogP contribution in [0, 0.1) is 27.7 Å². The van der Waals surface area contributed by atoms with Crippen molar-refractivity contribution in [2.45, 2.75) is 158 Å². The highest BCUT2D eigenvalue weighted by atomic mass is 16.6. The highest BCUT2D eigenvalue weighted by molar-refractivity contribution is 5.96. The maximum atomic E-state index is 13.7. The molecule has 0 radical (unpaired) electrons. The van der Waals surface area contributed by atoms with Crippen LogP contribution in [0.4, 0.5) is 27.5 Å². The largest absolute Gasteiger partial charge is 0.652 e. The van der Waals surface area contributed by atoms with Crippen LogP contribution in [-0.4, -0.2) is 78.3 Å². The van der Waals surface area contributed by atoms with Crippen molar-refractivity contribution in [3.05, 3.63) is 118 Å². The highest BCUT2D eigenvalue weighted by Crippen LogP contribution is 2.33. The molecule has 2 saturated heterocycles. The SMILES string of the molecule is CCCCNc1cc(C)c(NC(=O)C(CC)[N+]2(Cc3ccccc3)CCCCC2)c(C)c1.CCCCNc1cc(C)c(NC(=O)C(CC)[N+]2(Cc3ccccc3)CCCCC2)c(C)c1.O=C([O-])[O-]. The number of aryl methyl sites for hydroxylation is 4. The number of nitrogens with one attached hydrogen (secondary N) is 4. The molecule has 2 fully saturated rings. The van der Waals surface area contributed by atoms with E-state index in [4.69, 9.17) is 15.0 Å². The summed E-state index contributed by atoms with van der Waals surface area (Å²) in [7, 11) is 0. The molecule has 2 aliphatic heterocycles. The summed E-state index contributed by atoms with van der Waals surface area (Å²) >= 11 is 0. The molecule has 2 amide bonds. The third-order valence-electron chi connectivity index (χ3n) is 14.1. The third-order valence-corrected chi connectivity index (χ3v) is 14.1. The fourth-order valence-electron chi connectivity index (χ4n) is 10.7. The van der Waals surface area contributed by atoms with E-state index < -0.39 is 6.16 Å². The second kappa shape index (κ2) is 28.2. The van der Waals surface area contributed by atoms with Gasteiger partial charge in [0.05, 0.1) is 26.2 Å². The lowest BCUT2D eigenvalue weighted by atomic mass is 9.98. The number of likely N-dealkylation sites (tertiary alicyclic amines) is 2. The van der Waals surface area contributed by atoms with E-state index in [1.807, 2.05) is 0 Å². The first kappa shape index (κ1) is 55.2. The molecule has 0 spiro atoms. The Morgan fingerprint density at radius 2 is 0.824 bits per heavy atom. The molecule has 0 saturated carbocycles. The number of rotatable bonds is 20. The van der Waals surface area contributed by atoms with Crippen molar-refractivity contribution < 1.29 is 33.6 Å². The van der Waals surface area contributed by atoms with Gasteiger partial charge in [-0.3, -0.25) is 9.59 Å². The van der Waals surface area contributed by atoms with E-state index in [0.717, 1.165) is 132 Å². The number of carbonyl (C=O) groups is 3. The summed E-state index contributed by atoms with van der Waals surface area (Å²) in [6.07, 6.45) is 11.4. The zero-order valence-corrected chi connectivity index (χ0v) is 42.8. The number of amides is 2. The van der Waals surface area contributed by atoms with Gasteiger partial charge in [0.1, 0.15) is 13.1 Å². The molecule has 0 aliphatic carbocycles. The maximum absolute atomic E-state index is 13.7. The number of anilines is 4. The Labute approximate surface area is 409 Å². The molecule has 2 atom stereocenters. The summed E-state index contributed by atoms with van der Waals surface area (Å²) in [6.45, 7) is 25.3. The summed E-state index contributed by atoms with van der Waals surface area (Å²) in [5, 5.41) is 30.4. The van der Waals surface area contributed by atoms with Gasteiger partial charge in [0.15, 0.2) is 12.1 Å². The monoisotopic (exact) mass is 933 g/mol. The molecule has 4 aromatic carbocycles. The van der Waals surface area contributed by atoms with Gasteiger partial charge in [0, 0.05) is 59.8 Å². The van der Waals surface area contributed by atoms with Crippen molar-refractivity contribution >= 4 is 40.7 Å². The van der Waals surface area contributed by atoms with E-state index in [0.29, 0.717) is 0 Å². The maximum Gasteiger partial charge on any atom is 0.282 e. The molecule has 0 bridgehead atoms. The normalized spacial score (nSPS) is 15.8. The van der Waals surface area contributed by atoms with Crippen molar-refractivity contribution in [1.29, 1.82) is 0 Å². The topological polar surface area (TPSA) is 145 Å². The molecule has 2 heterocycles. The van der Waals surface area contributed by atoms with Crippen LogP contribution in [0.3, 0.4) is 0 Å². The van der Waals surface area contributed by atoms with Crippen molar-refractivity contribution in [2.24, 2.45) is 0 Å². The van der Waals surface area contributed by atoms with Crippen molar-refractivity contribution in [1.82, 2.24) is 0 Å². The zero-order chi connectivity index (χ0) is 49.5. The van der Waals surface area contributed by atoms with Gasteiger partial charge < -0.3 is 45.2 Å². The van der Waals surface area contributed by atoms with Gasteiger partial charge in [-0.15, -0.1) is 0 Å². The summed E-state index contributed by atoms with van der Waals surface area (Å²) < 4.78 is 1.75. The van der Waals surface area contributed by atoms with E-state index in [-0.39, 0.29) is 23.9 Å². The van der Waals surface area contributed by atoms with Crippen LogP contribution >= 0.6 is 0 Å². The van der Waals surface area contributed by atoms with Crippen LogP contribution in [0.15, 0.2) is 84.9 Å². The molecule has 68 heavy (non-hydrogen) atoms. The fraction of sp³-hybridized carbons (Fsp3) is 0.526. The Kier molecular flexibility index (Phi) is 22.9. The second-order valence-corrected chi connectivity index (χ2v) is 19.3. The predicted molar refractivity (Wildman–Crippen MR) is 277 cm³/mol. The smallest absolute Gasteiger partial charge is 0.282 e. The van der Waals surface area contributed by atoms with E-state index >= 15 is 0 Å². The van der Waals surface area contributed by atoms with E-state index in [1.54, 1.807) is 0 Å². The van der Waals surface area contributed by atoms with Gasteiger partial charge in [-0.05, 0) is 132 Å². The average Bonchev–Trinajstić information content (AvgIpc) is 3.31. The number of carboxylic acid groups (broad SMARTS) is 2. The number of carbonyl (C=O) groups excluding carboxylic acids is 3. The lowest BCUT2D eigenvalue weighted by Crippen LogP contribution is -2.61. The van der Waals surface area contributed by atoms with Gasteiger partial charge in [0.2, 0.25) is 0 Å². The Balaban J connectivity index is 0.000000275. The first-order chi connectivity index (χ1) is 32.7. The van der Waals surface area contributed by atoms with E-state index in [9.17, 15) is 9.59 Å². The molecular formula is C57H84N6O5. The number of piperidine rings is 2. The van der Waals surface area contributed by atoms with Crippen molar-refractivity contribution in [2.75, 3.05) is 60.5 Å². The van der Waals surface area contributed by atoms with Crippen LogP contribution < -0.4 is 31.5 Å². The number of hydrogen-bond acceptors (Lipinski definition) is 7. The van der Waals surface area contributed by atoms with E-state index in [1.165, 1.54) is 62.5 Å². The molecule has 11 heteroatoms. The van der Waals surface area contributed by atoms with Crippen LogP contribution in [0.2, 0.25) is 0 Å². The predicted octanol–water partition coefficient (Wildman–Crippen LogP) is 10.4. The Hall–Kier alpha value is -5.39. The Bertz CT molecular complexity index is 1950. The van der Waals surface area contributed by atoms with Gasteiger partial charge >= 0.3 is 0 Å². The average molecular weight is 933 g/mol. The van der Waals surface area contributed by atoms with Crippen LogP contribution in [0.1, 0.15) is 138 Å². The summed E-state index contributed by atoms with van der Waals surface area (Å²) in [6, 6.07) is 30.0. The number of unbranched alkanes of at least 4 members (excludes halogenated alkanes) is 2. The number of quaternary nitrogens is 2. The second-order valence-electron chi connectivity index (χ2n) is 19.3. The lowest BCUT2D eigenvalue weighted by Gasteiger charge is -2.46. The molecule has 372 valence electrons. The van der Waals surface area contributed by atoms with E-state index in [2.05, 4.69) is 162 Å². The van der Waals surface area contributed by atoms with Gasteiger partial charge in [-0.2, -0.15) is 0 Å². The summed E-state index contributed by atoms with van der Waals surface area (Å²) in [5.41, 5.74) is 11.4. The number of nitrogens with zero attached hydrogens (tertiary/aromatic N) is 2. The van der Waals surface area contributed by atoms with Crippen LogP contribution in [0.5, 0.6) is 0 Å². The molecule has 6 rings (SSSR count). The summed E-state index contributed by atoms with van der Waals surface area (Å²) in [4.78, 5) is 35.7. The minimum absolute atomic E-state index is 0.0309. The van der Waals surface area contributed by atoms with Gasteiger partial charge in [-0.25, -0.2) is 0 Å². The zero-order valence-electron chi connectivity index (χ0n) is 42.8. The number of benzene rings is 4. The minimum atomic E-state index is -2.33. The van der Waals surface area contributed by atoms with Crippen LogP contribution in [-0.2, 0) is 22.7 Å². The van der Waals surface area contributed by atoms with Crippen LogP contribution in [0.25, 0.3) is 0 Å². The molecule has 2 aliphatic rings. The Morgan fingerprint density at radius 1 is 0.515 bits per heavy atom. The lowest BCUT2D eigenvalue weighted by molar-refractivity contribution is -0.959. The van der Waals surface area contributed by atoms with Gasteiger partial charge in [0.25, 0.3) is 11.8 Å². The molecule has 4 aromatic rings. The number of hydrogen-bond donors (Lipinski definition) is 4. The highest BCUT2D eigenvalue weighted by Gasteiger charge is 2.43. The fourth-order valence-corrected chi connectivity index (χ4v) is 10.7. The Morgan fingerprint density at radius 3 is 1.10 bits per heavy atom. The van der Waals surface area contributed by atoms with Gasteiger partial charge in [-0.1, -0.05) is 101 Å². The standard InChI is InChI=1S/2C28H41N3O.CH2O3/c2*1-5-7-16-29-25-19-22(3)27(23(4)20-25)30-28(32)26(6-2)31(17-12-9-13-18-31)21-24-14-10-8-11-15-24;2-1(3)4/h2*8,10-11,14-15,19-20,26,29H,5-7,9,12-13,16-18,21H2,1-4H3;(H2,2,3,4). The molecule has 4 N–H and O–H groups in total. The minimum Gasteiger partial charge on any atom is -0.652 e. The first-order valence-corrected chi connectivity index (χ1v) is 25.7. The third kappa shape index (κ3) is 16.4. The molecule has 2 unspecified atom stereocenters. The molecular weight excluding hydrogens is 849 g/mol. The molecule has 11 nitrogen and oxygen atoms in total. The molecule has 0 aromatic heterocycles. The quantitative estimate of drug-likeness (QED) is 0.0510. The summed E-state index contributed by atoms with van der Waals surface area (Å²) in [5.74, 6) is 0.339. The first-order valence-electron chi connectivity index (χ1n) is 25.7.